The maximum Gasteiger partial charge on any atom is 0.337 e. The highest BCUT2D eigenvalue weighted by atomic mass is 16.5. The number of hydrogen-bond donors (Lipinski definition) is 2. The maximum atomic E-state index is 13.4. The molecular formula is C26H30N4O4. The van der Waals surface area contributed by atoms with Crippen molar-refractivity contribution < 1.29 is 14.6 Å². The summed E-state index contributed by atoms with van der Waals surface area (Å²) in [6.07, 6.45) is 4.81. The first kappa shape index (κ1) is 22.4. The van der Waals surface area contributed by atoms with Gasteiger partial charge in [0.05, 0.1) is 29.4 Å². The summed E-state index contributed by atoms with van der Waals surface area (Å²) < 4.78 is 7.47. The first-order chi connectivity index (χ1) is 16.3. The summed E-state index contributed by atoms with van der Waals surface area (Å²) in [7, 11) is 0. The van der Waals surface area contributed by atoms with Gasteiger partial charge in [0.1, 0.15) is 11.5 Å². The molecule has 0 unspecified atom stereocenters. The Labute approximate surface area is 198 Å². The van der Waals surface area contributed by atoms with Crippen molar-refractivity contribution >= 4 is 23.1 Å². The molecule has 0 amide bonds. The molecule has 1 aromatic carbocycles. The van der Waals surface area contributed by atoms with E-state index in [4.69, 9.17) is 9.72 Å². The molecule has 8 nitrogen and oxygen atoms in total. The van der Waals surface area contributed by atoms with Crippen molar-refractivity contribution in [3.63, 3.8) is 0 Å². The fourth-order valence-electron chi connectivity index (χ4n) is 5.13. The highest BCUT2D eigenvalue weighted by Crippen LogP contribution is 2.38. The second-order valence-corrected chi connectivity index (χ2v) is 9.52. The number of hydrogen-bond acceptors (Lipinski definition) is 6. The third-order valence-corrected chi connectivity index (χ3v) is 7.23. The molecule has 8 heteroatoms. The van der Waals surface area contributed by atoms with Crippen LogP contribution in [-0.4, -0.2) is 45.8 Å². The summed E-state index contributed by atoms with van der Waals surface area (Å²) in [5.74, 6) is -0.266. The molecule has 0 saturated carbocycles. The fourth-order valence-corrected chi connectivity index (χ4v) is 5.13. The number of carboxylic acids is 1. The number of aromatic carboxylic acids is 1. The molecule has 2 aliphatic rings. The number of piperidine rings is 1. The summed E-state index contributed by atoms with van der Waals surface area (Å²) in [4.78, 5) is 32.3. The Morgan fingerprint density at radius 3 is 2.56 bits per heavy atom. The standard InChI is InChI=1S/C26H30N4O4/c1-16-14-20(18(3)27-21-7-5-4-6-19(21)25(32)33)23-28-22(17(2)24(31)30(23)15-16)29-11-8-26(9-12-29)10-13-34-26/h4-7,14-15,18,27H,8-13H2,1-3H3,(H,32,33)/t18-/m1/s1. The van der Waals surface area contributed by atoms with E-state index < -0.39 is 5.97 Å². The predicted octanol–water partition coefficient (Wildman–Crippen LogP) is 3.94. The van der Waals surface area contributed by atoms with Crippen LogP contribution in [0.25, 0.3) is 5.65 Å². The number of anilines is 2. The Bertz CT molecular complexity index is 1320. The summed E-state index contributed by atoms with van der Waals surface area (Å²) in [5.41, 5.74) is 3.67. The van der Waals surface area contributed by atoms with Gasteiger partial charge in [-0.2, -0.15) is 0 Å². The monoisotopic (exact) mass is 462 g/mol. The first-order valence-corrected chi connectivity index (χ1v) is 11.8. The van der Waals surface area contributed by atoms with Crippen molar-refractivity contribution in [1.82, 2.24) is 9.38 Å². The number of aryl methyl sites for hydroxylation is 1. The van der Waals surface area contributed by atoms with Crippen LogP contribution in [0.3, 0.4) is 0 Å². The van der Waals surface area contributed by atoms with Gasteiger partial charge in [-0.05, 0) is 63.8 Å². The number of fused-ring (bicyclic) bond motifs is 1. The second-order valence-electron chi connectivity index (χ2n) is 9.52. The van der Waals surface area contributed by atoms with Gasteiger partial charge in [0, 0.05) is 30.5 Å². The zero-order valence-electron chi connectivity index (χ0n) is 19.8. The third-order valence-electron chi connectivity index (χ3n) is 7.23. The van der Waals surface area contributed by atoms with Gasteiger partial charge in [-0.3, -0.25) is 9.20 Å². The lowest BCUT2D eigenvalue weighted by Crippen LogP contribution is -2.52. The molecule has 5 rings (SSSR count). The van der Waals surface area contributed by atoms with E-state index in [0.717, 1.165) is 55.9 Å². The van der Waals surface area contributed by atoms with Crippen molar-refractivity contribution in [1.29, 1.82) is 0 Å². The number of aromatic nitrogens is 2. The van der Waals surface area contributed by atoms with Crippen molar-refractivity contribution in [3.8, 4) is 0 Å². The fraction of sp³-hybridized carbons (Fsp3) is 0.423. The molecule has 1 spiro atoms. The van der Waals surface area contributed by atoms with Crippen LogP contribution in [0.4, 0.5) is 11.5 Å². The quantitative estimate of drug-likeness (QED) is 0.593. The molecule has 178 valence electrons. The van der Waals surface area contributed by atoms with Gasteiger partial charge >= 0.3 is 5.97 Å². The molecule has 4 heterocycles. The van der Waals surface area contributed by atoms with E-state index in [-0.39, 0.29) is 22.8 Å². The average Bonchev–Trinajstić information content (AvgIpc) is 2.80. The Morgan fingerprint density at radius 2 is 1.91 bits per heavy atom. The lowest BCUT2D eigenvalue weighted by atomic mass is 9.84. The van der Waals surface area contributed by atoms with Gasteiger partial charge < -0.3 is 20.1 Å². The molecule has 3 aromatic rings. The van der Waals surface area contributed by atoms with Crippen molar-refractivity contribution in [3.05, 3.63) is 69.1 Å². The van der Waals surface area contributed by atoms with Crippen LogP contribution in [0, 0.1) is 13.8 Å². The molecular weight excluding hydrogens is 432 g/mol. The number of rotatable bonds is 5. The summed E-state index contributed by atoms with van der Waals surface area (Å²) in [6.45, 7) is 8.20. The van der Waals surface area contributed by atoms with Crippen LogP contribution in [0.1, 0.15) is 59.3 Å². The number of carbonyl (C=O) groups is 1. The zero-order chi connectivity index (χ0) is 24.0. The summed E-state index contributed by atoms with van der Waals surface area (Å²) in [5, 5.41) is 12.9. The van der Waals surface area contributed by atoms with Crippen molar-refractivity contribution in [2.75, 3.05) is 29.9 Å². The minimum atomic E-state index is -0.991. The highest BCUT2D eigenvalue weighted by Gasteiger charge is 2.41. The molecule has 0 radical (unpaired) electrons. The Balaban J connectivity index is 1.54. The van der Waals surface area contributed by atoms with Gasteiger partial charge in [-0.1, -0.05) is 12.1 Å². The number of carboxylic acid groups (broad SMARTS) is 1. The van der Waals surface area contributed by atoms with Crippen LogP contribution in [0.5, 0.6) is 0 Å². The van der Waals surface area contributed by atoms with Crippen LogP contribution >= 0.6 is 0 Å². The van der Waals surface area contributed by atoms with Gasteiger partial charge in [0.15, 0.2) is 0 Å². The third kappa shape index (κ3) is 3.81. The van der Waals surface area contributed by atoms with Crippen LogP contribution in [-0.2, 0) is 4.74 Å². The molecule has 2 N–H and O–H groups in total. The first-order valence-electron chi connectivity index (χ1n) is 11.8. The predicted molar refractivity (Wildman–Crippen MR) is 131 cm³/mol. The van der Waals surface area contributed by atoms with Crippen LogP contribution in [0.15, 0.2) is 41.3 Å². The van der Waals surface area contributed by atoms with E-state index in [1.807, 2.05) is 33.0 Å². The number of para-hydroxylation sites is 1. The number of ether oxygens (including phenoxy) is 1. The minimum Gasteiger partial charge on any atom is -0.478 e. The van der Waals surface area contributed by atoms with Crippen LogP contribution < -0.4 is 15.8 Å². The van der Waals surface area contributed by atoms with Crippen LogP contribution in [0.2, 0.25) is 0 Å². The molecule has 0 aliphatic carbocycles. The molecule has 0 bridgehead atoms. The topological polar surface area (TPSA) is 96.2 Å². The maximum absolute atomic E-state index is 13.4. The van der Waals surface area contributed by atoms with E-state index in [1.165, 1.54) is 0 Å². The number of nitrogens with zero attached hydrogens (tertiary/aromatic N) is 3. The SMILES string of the molecule is Cc1cc([C@@H](C)Nc2ccccc2C(=O)O)c2nc(N3CCC4(CCO4)CC3)c(C)c(=O)n2c1. The van der Waals surface area contributed by atoms with Gasteiger partial charge in [-0.15, -0.1) is 0 Å². The Kier molecular flexibility index (Phi) is 5.56. The minimum absolute atomic E-state index is 0.0224. The molecule has 2 saturated heterocycles. The number of benzene rings is 1. The lowest BCUT2D eigenvalue weighted by molar-refractivity contribution is -0.158. The molecule has 2 aromatic heterocycles. The normalized spacial score (nSPS) is 18.0. The van der Waals surface area contributed by atoms with E-state index in [9.17, 15) is 14.7 Å². The molecule has 2 fully saturated rings. The van der Waals surface area contributed by atoms with Crippen molar-refractivity contribution in [2.24, 2.45) is 0 Å². The highest BCUT2D eigenvalue weighted by molar-refractivity contribution is 5.94. The smallest absolute Gasteiger partial charge is 0.337 e. The Morgan fingerprint density at radius 1 is 1.21 bits per heavy atom. The Hall–Kier alpha value is -3.39. The number of pyridine rings is 1. The second kappa shape index (κ2) is 8.43. The zero-order valence-corrected chi connectivity index (χ0v) is 19.8. The van der Waals surface area contributed by atoms with E-state index >= 15 is 0 Å². The van der Waals surface area contributed by atoms with Gasteiger partial charge in [0.25, 0.3) is 5.56 Å². The number of nitrogens with one attached hydrogen (secondary N) is 1. The largest absolute Gasteiger partial charge is 0.478 e. The molecule has 2 aliphatic heterocycles. The molecule has 34 heavy (non-hydrogen) atoms. The van der Waals surface area contributed by atoms with E-state index in [1.54, 1.807) is 28.7 Å². The molecule has 1 atom stereocenters. The lowest BCUT2D eigenvalue weighted by Gasteiger charge is -2.48. The van der Waals surface area contributed by atoms with Crippen molar-refractivity contribution in [2.45, 2.75) is 51.7 Å². The van der Waals surface area contributed by atoms with Gasteiger partial charge in [0.2, 0.25) is 0 Å². The van der Waals surface area contributed by atoms with E-state index in [2.05, 4.69) is 10.2 Å². The summed E-state index contributed by atoms with van der Waals surface area (Å²) in [6, 6.07) is 8.56. The summed E-state index contributed by atoms with van der Waals surface area (Å²) >= 11 is 0. The van der Waals surface area contributed by atoms with Gasteiger partial charge in [-0.25, -0.2) is 9.78 Å². The van der Waals surface area contributed by atoms with E-state index in [0.29, 0.717) is 16.9 Å². The average molecular weight is 463 g/mol.